The summed E-state index contributed by atoms with van der Waals surface area (Å²) in [6.45, 7) is 1.74. The summed E-state index contributed by atoms with van der Waals surface area (Å²) >= 11 is 5.58. The smallest absolute Gasteiger partial charge is 0.181 e. The summed E-state index contributed by atoms with van der Waals surface area (Å²) in [6, 6.07) is 4.72. The van der Waals surface area contributed by atoms with Crippen LogP contribution in [0.5, 0.6) is 5.75 Å². The molecule has 0 spiro atoms. The molecule has 1 rings (SSSR count). The topological polar surface area (TPSA) is 19.9 Å². The highest BCUT2D eigenvalue weighted by molar-refractivity contribution is 6.30. The van der Waals surface area contributed by atoms with E-state index < -0.39 is 0 Å². The molecule has 0 aliphatic rings. The quantitative estimate of drug-likeness (QED) is 0.530. The second kappa shape index (κ2) is 2.28. The minimum absolute atomic E-state index is 0.0411. The van der Waals surface area contributed by atoms with Crippen molar-refractivity contribution in [2.75, 3.05) is 0 Å². The Bertz CT molecular complexity index is 220. The van der Waals surface area contributed by atoms with Crippen molar-refractivity contribution in [2.45, 2.75) is 6.92 Å². The third-order valence-electron chi connectivity index (χ3n) is 1.14. The molecule has 0 heterocycles. The van der Waals surface area contributed by atoms with E-state index in [1.807, 2.05) is 0 Å². The fraction of sp³-hybridized carbons (Fsp3) is 0.143. The van der Waals surface area contributed by atoms with Crippen molar-refractivity contribution in [3.05, 3.63) is 28.8 Å². The third kappa shape index (κ3) is 1.36. The van der Waals surface area contributed by atoms with Gasteiger partial charge in [0.15, 0.2) is 5.75 Å². The van der Waals surface area contributed by atoms with E-state index in [2.05, 4.69) is 0 Å². The van der Waals surface area contributed by atoms with Crippen LogP contribution in [0.2, 0.25) is 5.02 Å². The van der Waals surface area contributed by atoms with E-state index in [0.29, 0.717) is 10.6 Å². The molecule has 1 aromatic rings. The largest absolute Gasteiger partial charge is 0.290 e. The van der Waals surface area contributed by atoms with Crippen LogP contribution >= 0.6 is 11.6 Å². The predicted molar refractivity (Wildman–Crippen MR) is 36.3 cm³/mol. The van der Waals surface area contributed by atoms with Gasteiger partial charge in [-0.1, -0.05) is 11.6 Å². The fourth-order valence-corrected chi connectivity index (χ4v) is 0.839. The van der Waals surface area contributed by atoms with Gasteiger partial charge in [0, 0.05) is 5.02 Å². The Balaban J connectivity index is 3.17. The van der Waals surface area contributed by atoms with Crippen LogP contribution in [-0.4, -0.2) is 0 Å². The average Bonchev–Trinajstić information content (AvgIpc) is 1.80. The molecule has 0 amide bonds. The number of benzene rings is 1. The molecule has 0 saturated heterocycles. The Morgan fingerprint density at radius 3 is 2.56 bits per heavy atom. The van der Waals surface area contributed by atoms with Gasteiger partial charge in [0.05, 0.1) is 0 Å². The normalized spacial score (nSPS) is 9.56. The lowest BCUT2D eigenvalue weighted by molar-refractivity contribution is 0.352. The molecule has 2 heteroatoms. The van der Waals surface area contributed by atoms with E-state index in [0.717, 1.165) is 0 Å². The highest BCUT2D eigenvalue weighted by atomic mass is 35.5. The molecule has 0 atom stereocenters. The first-order valence-electron chi connectivity index (χ1n) is 2.63. The van der Waals surface area contributed by atoms with Gasteiger partial charge in [-0.15, -0.1) is 0 Å². The van der Waals surface area contributed by atoms with Crippen LogP contribution in [0.4, 0.5) is 0 Å². The van der Waals surface area contributed by atoms with E-state index in [9.17, 15) is 5.11 Å². The molecule has 0 aromatic heterocycles. The lowest BCUT2D eigenvalue weighted by Gasteiger charge is -1.92. The summed E-state index contributed by atoms with van der Waals surface area (Å²) in [6.07, 6.45) is 0. The number of rotatable bonds is 0. The summed E-state index contributed by atoms with van der Waals surface area (Å²) in [7, 11) is 0. The summed E-state index contributed by atoms with van der Waals surface area (Å²) in [5.74, 6) is 0.0411. The van der Waals surface area contributed by atoms with Gasteiger partial charge in [-0.05, 0) is 30.7 Å². The molecule has 0 unspecified atom stereocenters. The molecule has 0 fully saturated rings. The molecular formula is C7H6ClO. The van der Waals surface area contributed by atoms with Crippen molar-refractivity contribution in [3.63, 3.8) is 0 Å². The number of hydrogen-bond acceptors (Lipinski definition) is 0. The van der Waals surface area contributed by atoms with Crippen LogP contribution < -0.4 is 0 Å². The minimum Gasteiger partial charge on any atom is -0.290 e. The number of aryl methyl sites for hydroxylation is 1. The molecule has 9 heavy (non-hydrogen) atoms. The van der Waals surface area contributed by atoms with Crippen LogP contribution in [0.1, 0.15) is 5.56 Å². The summed E-state index contributed by atoms with van der Waals surface area (Å²) < 4.78 is 0. The van der Waals surface area contributed by atoms with Crippen molar-refractivity contribution < 1.29 is 5.11 Å². The summed E-state index contributed by atoms with van der Waals surface area (Å²) in [5.41, 5.74) is 0.697. The maximum atomic E-state index is 10.7. The zero-order chi connectivity index (χ0) is 6.85. The van der Waals surface area contributed by atoms with Crippen LogP contribution in [0.15, 0.2) is 18.2 Å². The first-order valence-corrected chi connectivity index (χ1v) is 3.01. The maximum Gasteiger partial charge on any atom is 0.181 e. The zero-order valence-electron chi connectivity index (χ0n) is 5.02. The molecule has 1 radical (unpaired) electrons. The van der Waals surface area contributed by atoms with Gasteiger partial charge in [-0.3, -0.25) is 5.11 Å². The van der Waals surface area contributed by atoms with Crippen molar-refractivity contribution in [1.82, 2.24) is 0 Å². The first-order chi connectivity index (χ1) is 4.20. The van der Waals surface area contributed by atoms with Gasteiger partial charge in [-0.25, -0.2) is 0 Å². The van der Waals surface area contributed by atoms with Crippen molar-refractivity contribution in [2.24, 2.45) is 0 Å². The molecule has 0 aliphatic carbocycles. The third-order valence-corrected chi connectivity index (χ3v) is 1.37. The minimum atomic E-state index is 0.0411. The Kier molecular flexibility index (Phi) is 1.63. The maximum absolute atomic E-state index is 10.7. The first kappa shape index (κ1) is 6.43. The SMILES string of the molecule is Cc1cc(Cl)ccc1[O]. The Morgan fingerprint density at radius 1 is 1.44 bits per heavy atom. The summed E-state index contributed by atoms with van der Waals surface area (Å²) in [5, 5.41) is 11.3. The van der Waals surface area contributed by atoms with Crippen LogP contribution in [0, 0.1) is 6.92 Å². The van der Waals surface area contributed by atoms with Crippen molar-refractivity contribution in [3.8, 4) is 5.75 Å². The molecule has 1 nitrogen and oxygen atoms in total. The predicted octanol–water partition coefficient (Wildman–Crippen LogP) is 2.79. The number of hydrogen-bond donors (Lipinski definition) is 0. The summed E-state index contributed by atoms with van der Waals surface area (Å²) in [4.78, 5) is 0. The fourth-order valence-electron chi connectivity index (χ4n) is 0.613. The van der Waals surface area contributed by atoms with Crippen LogP contribution in [-0.2, 0) is 5.11 Å². The molecule has 0 aliphatic heterocycles. The van der Waals surface area contributed by atoms with Crippen molar-refractivity contribution in [1.29, 1.82) is 0 Å². The van der Waals surface area contributed by atoms with Crippen LogP contribution in [0.3, 0.4) is 0 Å². The molecule has 0 N–H and O–H groups in total. The van der Waals surface area contributed by atoms with Gasteiger partial charge in [-0.2, -0.15) is 0 Å². The molecular weight excluding hydrogens is 136 g/mol. The standard InChI is InChI=1S/C7H6ClO/c1-5-4-6(8)2-3-7(5)9/h2-4H,1H3. The van der Waals surface area contributed by atoms with E-state index in [-0.39, 0.29) is 5.75 Å². The lowest BCUT2D eigenvalue weighted by atomic mass is 10.2. The van der Waals surface area contributed by atoms with Crippen LogP contribution in [0.25, 0.3) is 0 Å². The highest BCUT2D eigenvalue weighted by Gasteiger charge is 1.95. The molecule has 0 saturated carbocycles. The van der Waals surface area contributed by atoms with Gasteiger partial charge in [0.2, 0.25) is 0 Å². The van der Waals surface area contributed by atoms with E-state index >= 15 is 0 Å². The Labute approximate surface area is 58.9 Å². The molecule has 47 valence electrons. The highest BCUT2D eigenvalue weighted by Crippen LogP contribution is 2.20. The number of halogens is 1. The van der Waals surface area contributed by atoms with E-state index in [4.69, 9.17) is 11.6 Å². The van der Waals surface area contributed by atoms with Crippen molar-refractivity contribution >= 4 is 11.6 Å². The van der Waals surface area contributed by atoms with Gasteiger partial charge in [0.25, 0.3) is 0 Å². The molecule has 1 aromatic carbocycles. The second-order valence-electron chi connectivity index (χ2n) is 1.91. The molecule has 0 bridgehead atoms. The van der Waals surface area contributed by atoms with Gasteiger partial charge in [0.1, 0.15) is 0 Å². The second-order valence-corrected chi connectivity index (χ2v) is 2.35. The lowest BCUT2D eigenvalue weighted by Crippen LogP contribution is -1.70. The van der Waals surface area contributed by atoms with E-state index in [1.165, 1.54) is 6.07 Å². The monoisotopic (exact) mass is 141 g/mol. The van der Waals surface area contributed by atoms with E-state index in [1.54, 1.807) is 19.1 Å². The Morgan fingerprint density at radius 2 is 2.11 bits per heavy atom. The zero-order valence-corrected chi connectivity index (χ0v) is 5.77. The van der Waals surface area contributed by atoms with Gasteiger partial charge < -0.3 is 0 Å². The average molecular weight is 142 g/mol. The Hall–Kier alpha value is -0.690. The van der Waals surface area contributed by atoms with Gasteiger partial charge >= 0.3 is 0 Å².